The highest BCUT2D eigenvalue weighted by Crippen LogP contribution is 2.33. The van der Waals surface area contributed by atoms with Gasteiger partial charge in [-0.2, -0.15) is 0 Å². The molecule has 24 heavy (non-hydrogen) atoms. The second-order valence-electron chi connectivity index (χ2n) is 6.21. The number of H-pyrrole nitrogens is 1. The van der Waals surface area contributed by atoms with Crippen molar-refractivity contribution in [2.75, 3.05) is 13.7 Å². The molecule has 0 amide bonds. The summed E-state index contributed by atoms with van der Waals surface area (Å²) in [6, 6.07) is 11.8. The minimum absolute atomic E-state index is 0.318. The monoisotopic (exact) mass is 324 g/mol. The van der Waals surface area contributed by atoms with Crippen LogP contribution in [0.1, 0.15) is 30.1 Å². The standard InChI is InChI=1S/C19H20N2O3/c1-23-14-6-7-15-13(10-19(22)24-18(15)11-14)12-21-9-3-5-17(21)16-4-2-8-20-16/h2,4,6-8,10-11,17,20H,3,5,9,12H2,1H3. The Hall–Kier alpha value is -2.53. The summed E-state index contributed by atoms with van der Waals surface area (Å²) in [4.78, 5) is 17.7. The number of nitrogens with zero attached hydrogens (tertiary/aromatic N) is 1. The SMILES string of the molecule is COc1ccc2c(CN3CCCC3c3ccc[nH]3)cc(=O)oc2c1. The Morgan fingerprint density at radius 1 is 1.33 bits per heavy atom. The molecule has 124 valence electrons. The highest BCUT2D eigenvalue weighted by molar-refractivity contribution is 5.81. The molecule has 3 aromatic rings. The number of hydrogen-bond donors (Lipinski definition) is 1. The molecule has 2 aromatic heterocycles. The molecule has 5 nitrogen and oxygen atoms in total. The number of likely N-dealkylation sites (tertiary alicyclic amines) is 1. The zero-order chi connectivity index (χ0) is 16.5. The van der Waals surface area contributed by atoms with Crippen molar-refractivity contribution in [3.63, 3.8) is 0 Å². The van der Waals surface area contributed by atoms with Gasteiger partial charge in [-0.3, -0.25) is 4.90 Å². The third-order valence-corrected chi connectivity index (χ3v) is 4.76. The summed E-state index contributed by atoms with van der Waals surface area (Å²) in [6.07, 6.45) is 4.26. The van der Waals surface area contributed by atoms with Gasteiger partial charge in [-0.25, -0.2) is 4.79 Å². The lowest BCUT2D eigenvalue weighted by Gasteiger charge is -2.24. The van der Waals surface area contributed by atoms with E-state index < -0.39 is 0 Å². The highest BCUT2D eigenvalue weighted by Gasteiger charge is 2.27. The zero-order valence-electron chi connectivity index (χ0n) is 13.6. The third-order valence-electron chi connectivity index (χ3n) is 4.76. The quantitative estimate of drug-likeness (QED) is 0.747. The van der Waals surface area contributed by atoms with Gasteiger partial charge >= 0.3 is 5.63 Å². The maximum atomic E-state index is 12.0. The van der Waals surface area contributed by atoms with Crippen LogP contribution < -0.4 is 10.4 Å². The summed E-state index contributed by atoms with van der Waals surface area (Å²) >= 11 is 0. The van der Waals surface area contributed by atoms with Gasteiger partial charge in [0.25, 0.3) is 0 Å². The molecule has 0 radical (unpaired) electrons. The van der Waals surface area contributed by atoms with Gasteiger partial charge in [-0.05, 0) is 49.2 Å². The van der Waals surface area contributed by atoms with Crippen molar-refractivity contribution < 1.29 is 9.15 Å². The molecule has 1 saturated heterocycles. The van der Waals surface area contributed by atoms with E-state index in [1.165, 1.54) is 5.69 Å². The Kier molecular flexibility index (Phi) is 3.86. The van der Waals surface area contributed by atoms with Gasteiger partial charge in [-0.15, -0.1) is 0 Å². The van der Waals surface area contributed by atoms with Crippen LogP contribution in [0.25, 0.3) is 11.0 Å². The van der Waals surface area contributed by atoms with Crippen LogP contribution in [-0.4, -0.2) is 23.5 Å². The van der Waals surface area contributed by atoms with Crippen molar-refractivity contribution in [1.82, 2.24) is 9.88 Å². The normalized spacial score (nSPS) is 18.3. The Labute approximate surface area is 139 Å². The molecule has 0 spiro atoms. The first kappa shape index (κ1) is 15.0. The summed E-state index contributed by atoms with van der Waals surface area (Å²) in [5, 5.41) is 0.965. The predicted octanol–water partition coefficient (Wildman–Crippen LogP) is 3.47. The zero-order valence-corrected chi connectivity index (χ0v) is 13.6. The van der Waals surface area contributed by atoms with E-state index in [9.17, 15) is 4.79 Å². The number of fused-ring (bicyclic) bond motifs is 1. The molecule has 1 N–H and O–H groups in total. The number of rotatable bonds is 4. The van der Waals surface area contributed by atoms with Crippen molar-refractivity contribution in [2.24, 2.45) is 0 Å². The fraction of sp³-hybridized carbons (Fsp3) is 0.316. The summed E-state index contributed by atoms with van der Waals surface area (Å²) in [7, 11) is 1.61. The summed E-state index contributed by atoms with van der Waals surface area (Å²) in [5.41, 5.74) is 2.50. The van der Waals surface area contributed by atoms with Gasteiger partial charge in [0.1, 0.15) is 11.3 Å². The first-order valence-corrected chi connectivity index (χ1v) is 8.23. The molecule has 1 fully saturated rings. The highest BCUT2D eigenvalue weighted by atomic mass is 16.5. The Bertz CT molecular complexity index is 899. The number of aromatic nitrogens is 1. The molecule has 3 heterocycles. The van der Waals surface area contributed by atoms with E-state index in [4.69, 9.17) is 9.15 Å². The molecule has 5 heteroatoms. The lowest BCUT2D eigenvalue weighted by Crippen LogP contribution is -2.23. The fourth-order valence-corrected chi connectivity index (χ4v) is 3.61. The minimum atomic E-state index is -0.318. The second-order valence-corrected chi connectivity index (χ2v) is 6.21. The smallest absolute Gasteiger partial charge is 0.336 e. The van der Waals surface area contributed by atoms with Crippen molar-refractivity contribution >= 4 is 11.0 Å². The first-order valence-electron chi connectivity index (χ1n) is 8.23. The predicted molar refractivity (Wildman–Crippen MR) is 92.2 cm³/mol. The molecule has 0 saturated carbocycles. The van der Waals surface area contributed by atoms with Crippen LogP contribution in [-0.2, 0) is 6.54 Å². The lowest BCUT2D eigenvalue weighted by atomic mass is 10.1. The van der Waals surface area contributed by atoms with Crippen LogP contribution in [0.4, 0.5) is 0 Å². The maximum absolute atomic E-state index is 12.0. The topological polar surface area (TPSA) is 58.5 Å². The average Bonchev–Trinajstić information content (AvgIpc) is 3.25. The second kappa shape index (κ2) is 6.17. The third kappa shape index (κ3) is 2.71. The van der Waals surface area contributed by atoms with Gasteiger partial charge in [0.2, 0.25) is 0 Å². The van der Waals surface area contributed by atoms with Crippen molar-refractivity contribution in [2.45, 2.75) is 25.4 Å². The van der Waals surface area contributed by atoms with Gasteiger partial charge in [-0.1, -0.05) is 0 Å². The van der Waals surface area contributed by atoms with Crippen LogP contribution in [0.5, 0.6) is 5.75 Å². The molecular weight excluding hydrogens is 304 g/mol. The summed E-state index contributed by atoms with van der Waals surface area (Å²) in [6.45, 7) is 1.76. The molecule has 0 bridgehead atoms. The molecular formula is C19H20N2O3. The fourth-order valence-electron chi connectivity index (χ4n) is 3.61. The number of benzene rings is 1. The molecule has 4 rings (SSSR count). The molecule has 1 atom stereocenters. The Morgan fingerprint density at radius 2 is 2.25 bits per heavy atom. The number of ether oxygens (including phenoxy) is 1. The number of aromatic amines is 1. The van der Waals surface area contributed by atoms with E-state index in [1.807, 2.05) is 24.4 Å². The van der Waals surface area contributed by atoms with E-state index in [1.54, 1.807) is 19.2 Å². The van der Waals surface area contributed by atoms with Crippen LogP contribution >= 0.6 is 0 Å². The van der Waals surface area contributed by atoms with E-state index >= 15 is 0 Å². The van der Waals surface area contributed by atoms with E-state index in [0.29, 0.717) is 17.4 Å². The van der Waals surface area contributed by atoms with Crippen molar-refractivity contribution in [3.05, 3.63) is 64.3 Å². The van der Waals surface area contributed by atoms with Crippen LogP contribution in [0.15, 0.2) is 51.8 Å². The van der Waals surface area contributed by atoms with Crippen molar-refractivity contribution in [1.29, 1.82) is 0 Å². The first-order chi connectivity index (χ1) is 11.7. The van der Waals surface area contributed by atoms with Crippen LogP contribution in [0.2, 0.25) is 0 Å². The van der Waals surface area contributed by atoms with Crippen LogP contribution in [0.3, 0.4) is 0 Å². The molecule has 1 aliphatic heterocycles. The van der Waals surface area contributed by atoms with E-state index in [2.05, 4.69) is 16.0 Å². The minimum Gasteiger partial charge on any atom is -0.497 e. The largest absolute Gasteiger partial charge is 0.497 e. The van der Waals surface area contributed by atoms with Crippen LogP contribution in [0, 0.1) is 0 Å². The number of methoxy groups -OCH3 is 1. The Balaban J connectivity index is 1.70. The van der Waals surface area contributed by atoms with Gasteiger partial charge in [0.05, 0.1) is 13.2 Å². The average molecular weight is 324 g/mol. The van der Waals surface area contributed by atoms with Gasteiger partial charge in [0, 0.05) is 36.0 Å². The summed E-state index contributed by atoms with van der Waals surface area (Å²) in [5.74, 6) is 0.688. The van der Waals surface area contributed by atoms with Crippen molar-refractivity contribution in [3.8, 4) is 5.75 Å². The summed E-state index contributed by atoms with van der Waals surface area (Å²) < 4.78 is 10.6. The van der Waals surface area contributed by atoms with Gasteiger partial charge < -0.3 is 14.1 Å². The lowest BCUT2D eigenvalue weighted by molar-refractivity contribution is 0.245. The molecule has 1 aromatic carbocycles. The maximum Gasteiger partial charge on any atom is 0.336 e. The van der Waals surface area contributed by atoms with Gasteiger partial charge in [0.15, 0.2) is 0 Å². The number of hydrogen-bond acceptors (Lipinski definition) is 4. The molecule has 0 aliphatic carbocycles. The molecule has 1 unspecified atom stereocenters. The van der Waals surface area contributed by atoms with E-state index in [-0.39, 0.29) is 5.63 Å². The molecule has 1 aliphatic rings. The van der Waals surface area contributed by atoms with E-state index in [0.717, 1.165) is 36.9 Å². The Morgan fingerprint density at radius 3 is 3.04 bits per heavy atom. The number of nitrogens with one attached hydrogen (secondary N) is 1.